The first-order valence-corrected chi connectivity index (χ1v) is 10.2. The molecule has 0 saturated carbocycles. The van der Waals surface area contributed by atoms with Gasteiger partial charge in [-0.1, -0.05) is 19.9 Å². The Morgan fingerprint density at radius 2 is 1.85 bits per heavy atom. The molecule has 2 rings (SSSR count). The molecule has 26 heavy (non-hydrogen) atoms. The van der Waals surface area contributed by atoms with Gasteiger partial charge in [-0.3, -0.25) is 0 Å². The Hall–Kier alpha value is -0.0800. The molecule has 1 heterocycles. The summed E-state index contributed by atoms with van der Waals surface area (Å²) in [4.78, 5) is 2.45. The fraction of sp³-hybridized carbons (Fsp3) is 0.667. The number of methoxy groups -OCH3 is 1. The highest BCUT2D eigenvalue weighted by Crippen LogP contribution is 2.37. The Morgan fingerprint density at radius 1 is 1.27 bits per heavy atom. The van der Waals surface area contributed by atoms with E-state index in [0.29, 0.717) is 0 Å². The van der Waals surface area contributed by atoms with Gasteiger partial charge in [-0.15, -0.1) is 0 Å². The van der Waals surface area contributed by atoms with Crippen LogP contribution in [-0.2, 0) is 3.84 Å². The maximum Gasteiger partial charge on any atom is 0.133 e. The molecule has 1 aromatic carbocycles. The van der Waals surface area contributed by atoms with Gasteiger partial charge in [-0.2, -0.15) is 3.84 Å². The Balaban J connectivity index is 0.00000105. The molecule has 2 N–H and O–H groups in total. The summed E-state index contributed by atoms with van der Waals surface area (Å²) in [5, 5.41) is 14.6. The minimum Gasteiger partial charge on any atom is -0.496 e. The number of rotatable bonds is 7. The highest BCUT2D eigenvalue weighted by atomic mass is 79.9. The van der Waals surface area contributed by atoms with E-state index in [1.54, 1.807) is 7.11 Å². The van der Waals surface area contributed by atoms with Gasteiger partial charge in [0, 0.05) is 38.6 Å². The summed E-state index contributed by atoms with van der Waals surface area (Å²) in [5.41, 5.74) is 0.487. The molecule has 0 aromatic heterocycles. The Kier molecular flexibility index (Phi) is 11.4. The molecule has 1 aromatic rings. The highest BCUT2D eigenvalue weighted by Gasteiger charge is 2.36. The first-order chi connectivity index (χ1) is 12.4. The SMILES string of the molecule is CCC(O)(CC)C(CN1CCNCC1)c1ccc(OC)c(Br)c1.ClOCl. The van der Waals surface area contributed by atoms with Crippen molar-refractivity contribution in [3.05, 3.63) is 28.2 Å². The number of nitrogens with one attached hydrogen (secondary N) is 1. The summed E-state index contributed by atoms with van der Waals surface area (Å²) >= 11 is 12.1. The molecule has 1 unspecified atom stereocenters. The van der Waals surface area contributed by atoms with Gasteiger partial charge in [0.1, 0.15) is 5.75 Å². The number of halogens is 3. The van der Waals surface area contributed by atoms with Gasteiger partial charge in [-0.05, 0) is 46.5 Å². The molecule has 0 radical (unpaired) electrons. The van der Waals surface area contributed by atoms with Crippen molar-refractivity contribution >= 4 is 39.7 Å². The molecule has 0 bridgehead atoms. The molecule has 0 aliphatic carbocycles. The largest absolute Gasteiger partial charge is 0.496 e. The molecule has 1 saturated heterocycles. The van der Waals surface area contributed by atoms with Crippen LogP contribution >= 0.6 is 39.7 Å². The van der Waals surface area contributed by atoms with Gasteiger partial charge in [0.15, 0.2) is 0 Å². The van der Waals surface area contributed by atoms with E-state index >= 15 is 0 Å². The van der Waals surface area contributed by atoms with Gasteiger partial charge in [0.05, 0.1) is 40.9 Å². The zero-order valence-electron chi connectivity index (χ0n) is 15.6. The van der Waals surface area contributed by atoms with Crippen LogP contribution in [0.15, 0.2) is 22.7 Å². The van der Waals surface area contributed by atoms with Crippen molar-refractivity contribution in [2.24, 2.45) is 0 Å². The van der Waals surface area contributed by atoms with Crippen LogP contribution in [0.3, 0.4) is 0 Å². The van der Waals surface area contributed by atoms with E-state index in [0.717, 1.165) is 55.8 Å². The topological polar surface area (TPSA) is 54.0 Å². The fourth-order valence-corrected chi connectivity index (χ4v) is 3.94. The summed E-state index contributed by atoms with van der Waals surface area (Å²) in [6.07, 6.45) is 1.51. The number of hydrogen-bond acceptors (Lipinski definition) is 5. The molecule has 8 heteroatoms. The summed E-state index contributed by atoms with van der Waals surface area (Å²) < 4.78 is 9.48. The Labute approximate surface area is 175 Å². The molecule has 5 nitrogen and oxygen atoms in total. The minimum absolute atomic E-state index is 0.0952. The number of piperazine rings is 1. The maximum atomic E-state index is 11.2. The standard InChI is InChI=1S/C18H29BrN2O2.Cl2O/c1-4-18(22,5-2)15(13-21-10-8-20-9-11-21)14-6-7-17(23-3)16(19)12-14;1-3-2/h6-7,12,15,20,22H,4-5,8-11,13H2,1-3H3;. The second-order valence-corrected chi connectivity index (χ2v) is 7.69. The van der Waals surface area contributed by atoms with E-state index in [4.69, 9.17) is 4.74 Å². The summed E-state index contributed by atoms with van der Waals surface area (Å²) in [6.45, 7) is 9.17. The third-order valence-corrected chi connectivity index (χ3v) is 5.72. The van der Waals surface area contributed by atoms with Crippen molar-refractivity contribution < 1.29 is 13.7 Å². The van der Waals surface area contributed by atoms with Crippen molar-refractivity contribution in [1.82, 2.24) is 10.2 Å². The lowest BCUT2D eigenvalue weighted by molar-refractivity contribution is -0.00824. The van der Waals surface area contributed by atoms with Gasteiger partial charge in [-0.25, -0.2) is 0 Å². The Morgan fingerprint density at radius 3 is 2.31 bits per heavy atom. The monoisotopic (exact) mass is 470 g/mol. The van der Waals surface area contributed by atoms with E-state index in [1.807, 2.05) is 6.07 Å². The average Bonchev–Trinajstić information content (AvgIpc) is 2.67. The van der Waals surface area contributed by atoms with Crippen LogP contribution in [0.2, 0.25) is 0 Å². The van der Waals surface area contributed by atoms with E-state index in [9.17, 15) is 5.11 Å². The van der Waals surface area contributed by atoms with Crippen molar-refractivity contribution in [2.75, 3.05) is 39.8 Å². The first kappa shape index (κ1) is 24.0. The molecule has 1 atom stereocenters. The van der Waals surface area contributed by atoms with Crippen LogP contribution in [0.25, 0.3) is 0 Å². The smallest absolute Gasteiger partial charge is 0.133 e. The van der Waals surface area contributed by atoms with Crippen LogP contribution in [-0.4, -0.2) is 55.4 Å². The number of aliphatic hydroxyl groups is 1. The fourth-order valence-electron chi connectivity index (χ4n) is 3.38. The van der Waals surface area contributed by atoms with Gasteiger partial charge in [0.25, 0.3) is 0 Å². The third-order valence-electron chi connectivity index (χ3n) is 5.10. The van der Waals surface area contributed by atoms with Crippen LogP contribution in [0.5, 0.6) is 5.75 Å². The molecule has 0 spiro atoms. The summed E-state index contributed by atoms with van der Waals surface area (Å²) in [6, 6.07) is 6.17. The number of hydrogen-bond donors (Lipinski definition) is 2. The molecule has 1 aliphatic rings. The quantitative estimate of drug-likeness (QED) is 0.620. The van der Waals surface area contributed by atoms with E-state index < -0.39 is 5.60 Å². The predicted molar refractivity (Wildman–Crippen MR) is 111 cm³/mol. The summed E-state index contributed by atoms with van der Waals surface area (Å²) in [7, 11) is 1.67. The van der Waals surface area contributed by atoms with Crippen molar-refractivity contribution in [3.8, 4) is 5.75 Å². The predicted octanol–water partition coefficient (Wildman–Crippen LogP) is 4.31. The molecule has 150 valence electrons. The maximum absolute atomic E-state index is 11.2. The third kappa shape index (κ3) is 6.82. The average molecular weight is 472 g/mol. The lowest BCUT2D eigenvalue weighted by atomic mass is 9.78. The molecular weight excluding hydrogens is 443 g/mol. The molecular formula is C18H29BrCl2N2O3. The van der Waals surface area contributed by atoms with Crippen molar-refractivity contribution in [1.29, 1.82) is 0 Å². The first-order valence-electron chi connectivity index (χ1n) is 8.83. The van der Waals surface area contributed by atoms with Gasteiger partial charge < -0.3 is 20.1 Å². The zero-order valence-corrected chi connectivity index (χ0v) is 18.7. The van der Waals surface area contributed by atoms with E-state index in [-0.39, 0.29) is 5.92 Å². The zero-order chi connectivity index (χ0) is 19.6. The lowest BCUT2D eigenvalue weighted by Gasteiger charge is -2.39. The highest BCUT2D eigenvalue weighted by molar-refractivity contribution is 9.10. The second kappa shape index (κ2) is 12.4. The lowest BCUT2D eigenvalue weighted by Crippen LogP contribution is -2.48. The molecule has 1 fully saturated rings. The molecule has 0 amide bonds. The van der Waals surface area contributed by atoms with Crippen LogP contribution < -0.4 is 10.1 Å². The normalized spacial score (nSPS) is 16.6. The van der Waals surface area contributed by atoms with Crippen LogP contribution in [0.4, 0.5) is 0 Å². The van der Waals surface area contributed by atoms with E-state index in [1.165, 1.54) is 5.56 Å². The second-order valence-electron chi connectivity index (χ2n) is 6.37. The number of nitrogens with zero attached hydrogens (tertiary/aromatic N) is 1. The van der Waals surface area contributed by atoms with Crippen LogP contribution in [0.1, 0.15) is 38.2 Å². The number of benzene rings is 1. The van der Waals surface area contributed by atoms with Gasteiger partial charge in [0.2, 0.25) is 0 Å². The van der Waals surface area contributed by atoms with E-state index in [2.05, 4.69) is 79.7 Å². The summed E-state index contributed by atoms with van der Waals surface area (Å²) in [5.74, 6) is 0.920. The van der Waals surface area contributed by atoms with Crippen molar-refractivity contribution in [2.45, 2.75) is 38.2 Å². The Bertz CT molecular complexity index is 527. The van der Waals surface area contributed by atoms with Crippen molar-refractivity contribution in [3.63, 3.8) is 0 Å². The minimum atomic E-state index is -0.682. The van der Waals surface area contributed by atoms with Gasteiger partial charge >= 0.3 is 0 Å². The molecule has 1 aliphatic heterocycles. The van der Waals surface area contributed by atoms with Crippen LogP contribution in [0, 0.1) is 0 Å². The number of ether oxygens (including phenoxy) is 1.